The maximum atomic E-state index is 10.1. The van der Waals surface area contributed by atoms with Crippen molar-refractivity contribution in [1.82, 2.24) is 0 Å². The van der Waals surface area contributed by atoms with Gasteiger partial charge in [-0.3, -0.25) is 0 Å². The molecule has 0 atom stereocenters. The first-order chi connectivity index (χ1) is 13.5. The molecule has 0 aliphatic heterocycles. The molecule has 0 saturated carbocycles. The van der Waals surface area contributed by atoms with E-state index >= 15 is 0 Å². The molecular weight excluding hydrogens is 368 g/mol. The maximum Gasteiger partial charge on any atom is 0.200 e. The normalized spacial score (nSPS) is 14.9. The van der Waals surface area contributed by atoms with Crippen molar-refractivity contribution in [3.05, 3.63) is 82.8 Å². The molecule has 3 nitrogen and oxygen atoms in total. The fourth-order valence-electron chi connectivity index (χ4n) is 3.40. The average Bonchev–Trinajstić information content (AvgIpc) is 3.01. The van der Waals surface area contributed by atoms with Crippen LogP contribution in [0.5, 0.6) is 17.2 Å². The molecule has 0 heterocycles. The predicted octanol–water partition coefficient (Wildman–Crippen LogP) is 6.30. The number of methoxy groups -OCH3 is 2. The summed E-state index contributed by atoms with van der Waals surface area (Å²) in [6.45, 7) is 10.1. The van der Waals surface area contributed by atoms with E-state index in [-0.39, 0.29) is 5.75 Å². The number of allylic oxidation sites excluding steroid dienone is 3. The molecule has 0 saturated heterocycles. The SMILES string of the molecule is C=CS/C(=C\C)c1ccc2c(c1)C/C(=C\c1cc(OC)c(O)c(OC)c1)C2=C. The van der Waals surface area contributed by atoms with Gasteiger partial charge in [-0.05, 0) is 70.4 Å². The number of thioether (sulfide) groups is 1. The lowest BCUT2D eigenvalue weighted by Gasteiger charge is -2.10. The van der Waals surface area contributed by atoms with E-state index in [9.17, 15) is 5.11 Å². The summed E-state index contributed by atoms with van der Waals surface area (Å²) in [7, 11) is 3.05. The standard InChI is InChI=1S/C24H24O3S/c1-6-23(28-7-2)17-8-9-20-15(3)18(14-19(20)13-17)10-16-11-21(26-4)24(25)22(12-16)27-5/h6-13,25H,2-3,14H2,1,4-5H3/b18-10+,23-6-. The monoisotopic (exact) mass is 392 g/mol. The van der Waals surface area contributed by atoms with E-state index in [0.717, 1.165) is 23.1 Å². The van der Waals surface area contributed by atoms with Crippen molar-refractivity contribution < 1.29 is 14.6 Å². The van der Waals surface area contributed by atoms with Crippen LogP contribution in [0.15, 0.2) is 60.5 Å². The minimum Gasteiger partial charge on any atom is -0.502 e. The lowest BCUT2D eigenvalue weighted by Crippen LogP contribution is -1.91. The second kappa shape index (κ2) is 8.44. The van der Waals surface area contributed by atoms with Gasteiger partial charge >= 0.3 is 0 Å². The van der Waals surface area contributed by atoms with Crippen LogP contribution < -0.4 is 9.47 Å². The van der Waals surface area contributed by atoms with Crippen LogP contribution in [-0.2, 0) is 6.42 Å². The second-order valence-electron chi connectivity index (χ2n) is 6.41. The Labute approximate surface area is 170 Å². The van der Waals surface area contributed by atoms with Crippen molar-refractivity contribution in [2.24, 2.45) is 0 Å². The van der Waals surface area contributed by atoms with Crippen molar-refractivity contribution in [1.29, 1.82) is 0 Å². The molecule has 0 aromatic heterocycles. The molecule has 2 aromatic carbocycles. The highest BCUT2D eigenvalue weighted by molar-refractivity contribution is 8.10. The van der Waals surface area contributed by atoms with Gasteiger partial charge in [-0.1, -0.05) is 49.2 Å². The highest BCUT2D eigenvalue weighted by Crippen LogP contribution is 2.41. The smallest absolute Gasteiger partial charge is 0.200 e. The van der Waals surface area contributed by atoms with Crippen molar-refractivity contribution in [3.63, 3.8) is 0 Å². The van der Waals surface area contributed by atoms with Crippen LogP contribution in [-0.4, -0.2) is 19.3 Å². The molecule has 0 amide bonds. The number of phenols is 1. The van der Waals surface area contributed by atoms with Crippen LogP contribution in [0.4, 0.5) is 0 Å². The van der Waals surface area contributed by atoms with Crippen LogP contribution in [0, 0.1) is 0 Å². The molecule has 1 aliphatic rings. The molecule has 0 radical (unpaired) electrons. The third-order valence-electron chi connectivity index (χ3n) is 4.80. The van der Waals surface area contributed by atoms with E-state index in [1.54, 1.807) is 23.9 Å². The molecule has 28 heavy (non-hydrogen) atoms. The lowest BCUT2D eigenvalue weighted by molar-refractivity contribution is 0.340. The van der Waals surface area contributed by atoms with Crippen LogP contribution in [0.2, 0.25) is 0 Å². The van der Waals surface area contributed by atoms with E-state index in [2.05, 4.69) is 43.5 Å². The summed E-state index contributed by atoms with van der Waals surface area (Å²) in [5.74, 6) is 0.770. The van der Waals surface area contributed by atoms with E-state index in [4.69, 9.17) is 9.47 Å². The first-order valence-electron chi connectivity index (χ1n) is 8.94. The summed E-state index contributed by atoms with van der Waals surface area (Å²) >= 11 is 1.63. The lowest BCUT2D eigenvalue weighted by atomic mass is 10.0. The van der Waals surface area contributed by atoms with E-state index in [1.807, 2.05) is 12.3 Å². The van der Waals surface area contributed by atoms with Crippen molar-refractivity contribution in [2.75, 3.05) is 14.2 Å². The molecule has 144 valence electrons. The summed E-state index contributed by atoms with van der Waals surface area (Å²) in [6, 6.07) is 10.1. The number of benzene rings is 2. The number of fused-ring (bicyclic) bond motifs is 1. The number of aromatic hydroxyl groups is 1. The molecule has 0 spiro atoms. The van der Waals surface area contributed by atoms with Gasteiger partial charge < -0.3 is 14.6 Å². The zero-order valence-electron chi connectivity index (χ0n) is 16.4. The van der Waals surface area contributed by atoms with Gasteiger partial charge in [-0.2, -0.15) is 0 Å². The van der Waals surface area contributed by atoms with Gasteiger partial charge in [0.1, 0.15) is 0 Å². The Morgan fingerprint density at radius 3 is 2.39 bits per heavy atom. The average molecular weight is 393 g/mol. The summed E-state index contributed by atoms with van der Waals surface area (Å²) in [5, 5.41) is 12.0. The fraction of sp³-hybridized carbons (Fsp3) is 0.167. The molecule has 4 heteroatoms. The number of phenolic OH excluding ortho intramolecular Hbond substituents is 1. The third kappa shape index (κ3) is 3.73. The predicted molar refractivity (Wildman–Crippen MR) is 120 cm³/mol. The molecule has 1 aliphatic carbocycles. The largest absolute Gasteiger partial charge is 0.502 e. The molecule has 0 unspecified atom stereocenters. The van der Waals surface area contributed by atoms with E-state index in [1.165, 1.54) is 35.8 Å². The fourth-order valence-corrected chi connectivity index (χ4v) is 3.98. The van der Waals surface area contributed by atoms with Gasteiger partial charge in [0, 0.05) is 4.91 Å². The number of hydrogen-bond donors (Lipinski definition) is 1. The Bertz CT molecular complexity index is 974. The summed E-state index contributed by atoms with van der Waals surface area (Å²) < 4.78 is 10.5. The Morgan fingerprint density at radius 2 is 1.82 bits per heavy atom. The van der Waals surface area contributed by atoms with Crippen molar-refractivity contribution >= 4 is 28.3 Å². The molecule has 1 N–H and O–H groups in total. The van der Waals surface area contributed by atoms with Crippen LogP contribution >= 0.6 is 11.8 Å². The Balaban J connectivity index is 1.97. The Hall–Kier alpha value is -2.85. The zero-order chi connectivity index (χ0) is 20.3. The number of rotatable bonds is 6. The van der Waals surface area contributed by atoms with Crippen LogP contribution in [0.1, 0.15) is 29.2 Å². The summed E-state index contributed by atoms with van der Waals surface area (Å²) in [6.07, 6.45) is 4.98. The highest BCUT2D eigenvalue weighted by atomic mass is 32.2. The number of ether oxygens (including phenoxy) is 2. The van der Waals surface area contributed by atoms with Crippen molar-refractivity contribution in [2.45, 2.75) is 13.3 Å². The van der Waals surface area contributed by atoms with Gasteiger partial charge in [0.05, 0.1) is 14.2 Å². The van der Waals surface area contributed by atoms with Gasteiger partial charge in [0.25, 0.3) is 0 Å². The quantitative estimate of drug-likeness (QED) is 0.626. The zero-order valence-corrected chi connectivity index (χ0v) is 17.2. The highest BCUT2D eigenvalue weighted by Gasteiger charge is 2.21. The summed E-state index contributed by atoms with van der Waals surface area (Å²) in [5.41, 5.74) is 6.67. The minimum atomic E-state index is 0.00364. The van der Waals surface area contributed by atoms with Gasteiger partial charge in [0.2, 0.25) is 5.75 Å². The van der Waals surface area contributed by atoms with Crippen molar-refractivity contribution in [3.8, 4) is 17.2 Å². The Kier molecular flexibility index (Phi) is 6.00. The first-order valence-corrected chi connectivity index (χ1v) is 9.82. The molecule has 2 aromatic rings. The maximum absolute atomic E-state index is 10.1. The molecule has 0 fully saturated rings. The first kappa shape index (κ1) is 19.9. The molecule has 3 rings (SSSR count). The molecule has 0 bridgehead atoms. The topological polar surface area (TPSA) is 38.7 Å². The van der Waals surface area contributed by atoms with Gasteiger partial charge in [0.15, 0.2) is 11.5 Å². The van der Waals surface area contributed by atoms with E-state index in [0.29, 0.717) is 11.5 Å². The van der Waals surface area contributed by atoms with E-state index < -0.39 is 0 Å². The van der Waals surface area contributed by atoms with Gasteiger partial charge in [-0.25, -0.2) is 0 Å². The number of hydrogen-bond acceptors (Lipinski definition) is 4. The molecular formula is C24H24O3S. The Morgan fingerprint density at radius 1 is 1.14 bits per heavy atom. The minimum absolute atomic E-state index is 0.00364. The van der Waals surface area contributed by atoms with Crippen LogP contribution in [0.25, 0.3) is 16.6 Å². The second-order valence-corrected chi connectivity index (χ2v) is 7.42. The van der Waals surface area contributed by atoms with Crippen LogP contribution in [0.3, 0.4) is 0 Å². The third-order valence-corrected chi connectivity index (χ3v) is 5.69. The van der Waals surface area contributed by atoms with Gasteiger partial charge in [-0.15, -0.1) is 0 Å². The summed E-state index contributed by atoms with van der Waals surface area (Å²) in [4.78, 5) is 1.19.